The zero-order valence-corrected chi connectivity index (χ0v) is 10.4. The lowest BCUT2D eigenvalue weighted by Crippen LogP contribution is -2.34. The summed E-state index contributed by atoms with van der Waals surface area (Å²) >= 11 is 0. The molecule has 0 heterocycles. The van der Waals surface area contributed by atoms with E-state index < -0.39 is 0 Å². The van der Waals surface area contributed by atoms with E-state index in [-0.39, 0.29) is 5.60 Å². The van der Waals surface area contributed by atoms with Crippen molar-refractivity contribution in [2.24, 2.45) is 5.16 Å². The van der Waals surface area contributed by atoms with Crippen LogP contribution in [0.15, 0.2) is 29.4 Å². The van der Waals surface area contributed by atoms with Gasteiger partial charge in [-0.05, 0) is 43.7 Å². The highest BCUT2D eigenvalue weighted by molar-refractivity contribution is 5.84. The average molecular weight is 233 g/mol. The molecule has 3 nitrogen and oxygen atoms in total. The third-order valence-corrected chi connectivity index (χ3v) is 3.80. The molecule has 3 heteroatoms. The SMILES string of the molecule is COC1(c2ccccc2C)CCC(=NO)CC1. The summed E-state index contributed by atoms with van der Waals surface area (Å²) in [6, 6.07) is 8.36. The van der Waals surface area contributed by atoms with Gasteiger partial charge in [-0.3, -0.25) is 0 Å². The van der Waals surface area contributed by atoms with E-state index in [1.165, 1.54) is 11.1 Å². The van der Waals surface area contributed by atoms with Gasteiger partial charge in [-0.1, -0.05) is 29.4 Å². The molecular weight excluding hydrogens is 214 g/mol. The number of nitrogens with zero attached hydrogens (tertiary/aromatic N) is 1. The number of methoxy groups -OCH3 is 1. The van der Waals surface area contributed by atoms with Crippen molar-refractivity contribution in [3.05, 3.63) is 35.4 Å². The minimum atomic E-state index is -0.209. The van der Waals surface area contributed by atoms with Gasteiger partial charge in [0.05, 0.1) is 11.3 Å². The van der Waals surface area contributed by atoms with Crippen LogP contribution < -0.4 is 0 Å². The zero-order valence-electron chi connectivity index (χ0n) is 10.4. The smallest absolute Gasteiger partial charge is 0.0937 e. The normalized spacial score (nSPS) is 24.7. The van der Waals surface area contributed by atoms with Crippen LogP contribution in [0.3, 0.4) is 0 Å². The van der Waals surface area contributed by atoms with Gasteiger partial charge in [-0.15, -0.1) is 0 Å². The number of oxime groups is 1. The molecule has 0 spiro atoms. The Hall–Kier alpha value is -1.35. The van der Waals surface area contributed by atoms with Crippen molar-refractivity contribution in [3.8, 4) is 0 Å². The number of aryl methyl sites for hydroxylation is 1. The molecule has 0 atom stereocenters. The third-order valence-electron chi connectivity index (χ3n) is 3.80. The van der Waals surface area contributed by atoms with Gasteiger partial charge in [0.1, 0.15) is 0 Å². The van der Waals surface area contributed by atoms with Crippen LogP contribution in [-0.2, 0) is 10.3 Å². The van der Waals surface area contributed by atoms with Crippen molar-refractivity contribution < 1.29 is 9.94 Å². The molecule has 1 saturated carbocycles. The van der Waals surface area contributed by atoms with E-state index in [9.17, 15) is 0 Å². The molecular formula is C14H19NO2. The molecule has 1 fully saturated rings. The van der Waals surface area contributed by atoms with Crippen molar-refractivity contribution in [2.45, 2.75) is 38.2 Å². The van der Waals surface area contributed by atoms with Crippen LogP contribution in [-0.4, -0.2) is 18.0 Å². The molecule has 17 heavy (non-hydrogen) atoms. The fourth-order valence-corrected chi connectivity index (χ4v) is 2.71. The zero-order chi connectivity index (χ0) is 12.3. The molecule has 1 aromatic rings. The summed E-state index contributed by atoms with van der Waals surface area (Å²) < 4.78 is 5.80. The Balaban J connectivity index is 2.31. The second-order valence-electron chi connectivity index (χ2n) is 4.68. The Bertz CT molecular complexity index is 416. The summed E-state index contributed by atoms with van der Waals surface area (Å²) in [6.07, 6.45) is 3.37. The van der Waals surface area contributed by atoms with Gasteiger partial charge in [-0.25, -0.2) is 0 Å². The maximum atomic E-state index is 8.81. The van der Waals surface area contributed by atoms with Gasteiger partial charge in [0, 0.05) is 7.11 Å². The molecule has 0 aliphatic heterocycles. The van der Waals surface area contributed by atoms with E-state index in [4.69, 9.17) is 9.94 Å². The summed E-state index contributed by atoms with van der Waals surface area (Å²) in [4.78, 5) is 0. The van der Waals surface area contributed by atoms with Crippen LogP contribution in [0.1, 0.15) is 36.8 Å². The summed E-state index contributed by atoms with van der Waals surface area (Å²) in [5.74, 6) is 0. The van der Waals surface area contributed by atoms with Crippen LogP contribution in [0.2, 0.25) is 0 Å². The summed E-state index contributed by atoms with van der Waals surface area (Å²) in [6.45, 7) is 2.12. The highest BCUT2D eigenvalue weighted by Gasteiger charge is 2.36. The second kappa shape index (κ2) is 4.88. The molecule has 0 radical (unpaired) electrons. The van der Waals surface area contributed by atoms with E-state index >= 15 is 0 Å². The lowest BCUT2D eigenvalue weighted by molar-refractivity contribution is -0.0322. The predicted molar refractivity (Wildman–Crippen MR) is 67.6 cm³/mol. The van der Waals surface area contributed by atoms with Crippen molar-refractivity contribution >= 4 is 5.71 Å². The maximum absolute atomic E-state index is 8.81. The molecule has 1 aromatic carbocycles. The molecule has 0 saturated heterocycles. The number of hydrogen-bond acceptors (Lipinski definition) is 3. The fraction of sp³-hybridized carbons (Fsp3) is 0.500. The standard InChI is InChI=1S/C14H19NO2/c1-11-5-3-4-6-13(11)14(17-2)9-7-12(15-16)8-10-14/h3-6,16H,7-10H2,1-2H3. The highest BCUT2D eigenvalue weighted by Crippen LogP contribution is 2.40. The van der Waals surface area contributed by atoms with Gasteiger partial charge in [0.25, 0.3) is 0 Å². The monoisotopic (exact) mass is 233 g/mol. The molecule has 0 unspecified atom stereocenters. The molecule has 1 aliphatic carbocycles. The van der Waals surface area contributed by atoms with Crippen LogP contribution >= 0.6 is 0 Å². The molecule has 2 rings (SSSR count). The summed E-state index contributed by atoms with van der Waals surface area (Å²) in [7, 11) is 1.77. The first kappa shape index (κ1) is 12.1. The topological polar surface area (TPSA) is 41.8 Å². The first-order valence-corrected chi connectivity index (χ1v) is 6.03. The third kappa shape index (κ3) is 2.20. The van der Waals surface area contributed by atoms with Crippen LogP contribution in [0.4, 0.5) is 0 Å². The molecule has 0 aromatic heterocycles. The van der Waals surface area contributed by atoms with Gasteiger partial charge < -0.3 is 9.94 Å². The number of hydrogen-bond donors (Lipinski definition) is 1. The Labute approximate surface area is 102 Å². The van der Waals surface area contributed by atoms with E-state index in [0.29, 0.717) is 0 Å². The van der Waals surface area contributed by atoms with Crippen molar-refractivity contribution in [1.29, 1.82) is 0 Å². The Morgan fingerprint density at radius 2 is 1.88 bits per heavy atom. The Morgan fingerprint density at radius 1 is 1.24 bits per heavy atom. The van der Waals surface area contributed by atoms with E-state index in [2.05, 4.69) is 30.3 Å². The van der Waals surface area contributed by atoms with Crippen molar-refractivity contribution in [3.63, 3.8) is 0 Å². The summed E-state index contributed by atoms with van der Waals surface area (Å²) in [5.41, 5.74) is 3.20. The molecule has 0 amide bonds. The Kier molecular flexibility index (Phi) is 3.48. The number of ether oxygens (including phenoxy) is 1. The van der Waals surface area contributed by atoms with Gasteiger partial charge in [-0.2, -0.15) is 0 Å². The van der Waals surface area contributed by atoms with E-state index in [1.54, 1.807) is 7.11 Å². The Morgan fingerprint density at radius 3 is 2.41 bits per heavy atom. The minimum absolute atomic E-state index is 0.209. The van der Waals surface area contributed by atoms with Crippen molar-refractivity contribution in [1.82, 2.24) is 0 Å². The fourth-order valence-electron chi connectivity index (χ4n) is 2.71. The van der Waals surface area contributed by atoms with Crippen LogP contribution in [0.5, 0.6) is 0 Å². The largest absolute Gasteiger partial charge is 0.411 e. The minimum Gasteiger partial charge on any atom is -0.411 e. The van der Waals surface area contributed by atoms with Gasteiger partial charge >= 0.3 is 0 Å². The van der Waals surface area contributed by atoms with Crippen LogP contribution in [0.25, 0.3) is 0 Å². The average Bonchev–Trinajstić information content (AvgIpc) is 2.39. The molecule has 1 aliphatic rings. The highest BCUT2D eigenvalue weighted by atomic mass is 16.5. The van der Waals surface area contributed by atoms with E-state index in [1.807, 2.05) is 6.07 Å². The lowest BCUT2D eigenvalue weighted by atomic mass is 9.77. The molecule has 92 valence electrons. The lowest BCUT2D eigenvalue weighted by Gasteiger charge is -2.37. The van der Waals surface area contributed by atoms with Gasteiger partial charge in [0.2, 0.25) is 0 Å². The first-order chi connectivity index (χ1) is 8.22. The van der Waals surface area contributed by atoms with Gasteiger partial charge in [0.15, 0.2) is 0 Å². The summed E-state index contributed by atoms with van der Waals surface area (Å²) in [5, 5.41) is 12.1. The molecule has 0 bridgehead atoms. The number of rotatable bonds is 2. The van der Waals surface area contributed by atoms with Crippen LogP contribution in [0, 0.1) is 6.92 Å². The van der Waals surface area contributed by atoms with E-state index in [0.717, 1.165) is 31.4 Å². The molecule has 1 N–H and O–H groups in total. The van der Waals surface area contributed by atoms with Crippen molar-refractivity contribution in [2.75, 3.05) is 7.11 Å². The maximum Gasteiger partial charge on any atom is 0.0937 e. The second-order valence-corrected chi connectivity index (χ2v) is 4.68. The number of benzene rings is 1. The first-order valence-electron chi connectivity index (χ1n) is 6.03. The predicted octanol–water partition coefficient (Wildman–Crippen LogP) is 3.24. The quantitative estimate of drug-likeness (QED) is 0.629.